The van der Waals surface area contributed by atoms with Crippen LogP contribution >= 0.6 is 0 Å². The van der Waals surface area contributed by atoms with Gasteiger partial charge in [0.1, 0.15) is 5.76 Å². The standard InChI is InChI=1S/C19H21N3O3/c23-18(16-12-17(25-21-16)13-8-9-13)20-15-7-3-2-6-14(15)19(24)22-10-4-1-5-11-22/h2-3,6-7,12-13H,1,4-5,8-11H2,(H,20,23). The summed E-state index contributed by atoms with van der Waals surface area (Å²) in [5.41, 5.74) is 1.28. The predicted octanol–water partition coefficient (Wildman–Crippen LogP) is 3.43. The Labute approximate surface area is 146 Å². The first-order chi connectivity index (χ1) is 12.2. The van der Waals surface area contributed by atoms with Crippen molar-refractivity contribution < 1.29 is 14.1 Å². The van der Waals surface area contributed by atoms with E-state index in [1.807, 2.05) is 11.0 Å². The van der Waals surface area contributed by atoms with E-state index in [-0.39, 0.29) is 17.5 Å². The quantitative estimate of drug-likeness (QED) is 0.926. The number of carbonyl (C=O) groups is 2. The largest absolute Gasteiger partial charge is 0.360 e. The van der Waals surface area contributed by atoms with Crippen molar-refractivity contribution in [3.63, 3.8) is 0 Å². The normalized spacial score (nSPS) is 17.4. The molecule has 6 heteroatoms. The lowest BCUT2D eigenvalue weighted by molar-refractivity contribution is 0.0725. The van der Waals surface area contributed by atoms with E-state index in [1.54, 1.807) is 24.3 Å². The first kappa shape index (κ1) is 15.9. The Morgan fingerprint density at radius 3 is 2.64 bits per heavy atom. The monoisotopic (exact) mass is 339 g/mol. The van der Waals surface area contributed by atoms with Gasteiger partial charge >= 0.3 is 0 Å². The predicted molar refractivity (Wildman–Crippen MR) is 92.6 cm³/mol. The van der Waals surface area contributed by atoms with Crippen molar-refractivity contribution in [2.75, 3.05) is 18.4 Å². The minimum atomic E-state index is -0.352. The summed E-state index contributed by atoms with van der Waals surface area (Å²) in [6, 6.07) is 8.82. The summed E-state index contributed by atoms with van der Waals surface area (Å²) in [4.78, 5) is 27.1. The molecule has 1 aromatic carbocycles. The number of hydrogen-bond acceptors (Lipinski definition) is 4. The molecule has 130 valence electrons. The molecule has 1 saturated heterocycles. The molecule has 2 fully saturated rings. The van der Waals surface area contributed by atoms with Crippen LogP contribution in [0.2, 0.25) is 0 Å². The summed E-state index contributed by atoms with van der Waals surface area (Å²) in [5, 5.41) is 6.67. The second kappa shape index (κ2) is 6.70. The Morgan fingerprint density at radius 2 is 1.88 bits per heavy atom. The zero-order chi connectivity index (χ0) is 17.2. The Balaban J connectivity index is 1.51. The van der Waals surface area contributed by atoms with Crippen LogP contribution in [0.1, 0.15) is 64.6 Å². The lowest BCUT2D eigenvalue weighted by atomic mass is 10.1. The lowest BCUT2D eigenvalue weighted by Crippen LogP contribution is -2.36. The third-order valence-electron chi connectivity index (χ3n) is 4.79. The second-order valence-electron chi connectivity index (χ2n) is 6.74. The van der Waals surface area contributed by atoms with Gasteiger partial charge in [-0.3, -0.25) is 9.59 Å². The van der Waals surface area contributed by atoms with E-state index in [0.717, 1.165) is 51.0 Å². The second-order valence-corrected chi connectivity index (χ2v) is 6.74. The van der Waals surface area contributed by atoms with E-state index >= 15 is 0 Å². The molecule has 4 rings (SSSR count). The molecule has 25 heavy (non-hydrogen) atoms. The molecule has 1 saturated carbocycles. The van der Waals surface area contributed by atoms with Crippen molar-refractivity contribution in [3.05, 3.63) is 47.3 Å². The summed E-state index contributed by atoms with van der Waals surface area (Å²) >= 11 is 0. The number of nitrogens with zero attached hydrogens (tertiary/aromatic N) is 2. The summed E-state index contributed by atoms with van der Waals surface area (Å²) < 4.78 is 5.23. The van der Waals surface area contributed by atoms with Crippen LogP contribution in [0.25, 0.3) is 0 Å². The van der Waals surface area contributed by atoms with Crippen LogP contribution in [-0.2, 0) is 0 Å². The SMILES string of the molecule is O=C(Nc1ccccc1C(=O)N1CCCCC1)c1cc(C2CC2)on1. The van der Waals surface area contributed by atoms with Gasteiger partial charge in [0.2, 0.25) is 0 Å². The van der Waals surface area contributed by atoms with Gasteiger partial charge in [-0.2, -0.15) is 0 Å². The number of para-hydroxylation sites is 1. The number of benzene rings is 1. The van der Waals surface area contributed by atoms with E-state index in [0.29, 0.717) is 17.2 Å². The van der Waals surface area contributed by atoms with Gasteiger partial charge in [-0.25, -0.2) is 0 Å². The fourth-order valence-electron chi connectivity index (χ4n) is 3.19. The molecular weight excluding hydrogens is 318 g/mol. The van der Waals surface area contributed by atoms with Gasteiger partial charge in [0.05, 0.1) is 11.3 Å². The number of anilines is 1. The smallest absolute Gasteiger partial charge is 0.277 e. The van der Waals surface area contributed by atoms with Crippen LogP contribution in [0.5, 0.6) is 0 Å². The highest BCUT2D eigenvalue weighted by molar-refractivity contribution is 6.08. The van der Waals surface area contributed by atoms with E-state index < -0.39 is 0 Å². The van der Waals surface area contributed by atoms with Crippen LogP contribution in [0.3, 0.4) is 0 Å². The Kier molecular flexibility index (Phi) is 4.26. The fourth-order valence-corrected chi connectivity index (χ4v) is 3.19. The van der Waals surface area contributed by atoms with Gasteiger partial charge in [-0.1, -0.05) is 17.3 Å². The average molecular weight is 339 g/mol. The van der Waals surface area contributed by atoms with Gasteiger partial charge in [-0.05, 0) is 44.2 Å². The number of carbonyl (C=O) groups excluding carboxylic acids is 2. The Hall–Kier alpha value is -2.63. The summed E-state index contributed by atoms with van der Waals surface area (Å²) in [5.74, 6) is 0.786. The van der Waals surface area contributed by atoms with E-state index in [9.17, 15) is 9.59 Å². The summed E-state index contributed by atoms with van der Waals surface area (Å²) in [6.07, 6.45) is 5.40. The van der Waals surface area contributed by atoms with Crippen molar-refractivity contribution in [1.82, 2.24) is 10.1 Å². The zero-order valence-electron chi connectivity index (χ0n) is 14.0. The van der Waals surface area contributed by atoms with Crippen LogP contribution in [-0.4, -0.2) is 35.0 Å². The first-order valence-corrected chi connectivity index (χ1v) is 8.88. The third-order valence-corrected chi connectivity index (χ3v) is 4.79. The minimum absolute atomic E-state index is 0.0329. The van der Waals surface area contributed by atoms with E-state index in [1.165, 1.54) is 0 Å². The van der Waals surface area contributed by atoms with Gasteiger partial charge in [0, 0.05) is 25.1 Å². The van der Waals surface area contributed by atoms with Crippen molar-refractivity contribution >= 4 is 17.5 Å². The van der Waals surface area contributed by atoms with Crippen molar-refractivity contribution in [2.45, 2.75) is 38.0 Å². The zero-order valence-corrected chi connectivity index (χ0v) is 14.0. The van der Waals surface area contributed by atoms with Gasteiger partial charge in [0.25, 0.3) is 11.8 Å². The molecule has 0 spiro atoms. The maximum Gasteiger partial charge on any atom is 0.277 e. The van der Waals surface area contributed by atoms with Crippen molar-refractivity contribution in [2.24, 2.45) is 0 Å². The van der Waals surface area contributed by atoms with Crippen LogP contribution in [0.4, 0.5) is 5.69 Å². The molecule has 0 bridgehead atoms. The number of nitrogens with one attached hydrogen (secondary N) is 1. The highest BCUT2D eigenvalue weighted by Crippen LogP contribution is 2.40. The molecule has 0 atom stereocenters. The Bertz CT molecular complexity index is 789. The summed E-state index contributed by atoms with van der Waals surface area (Å²) in [6.45, 7) is 1.55. The molecule has 1 aromatic heterocycles. The average Bonchev–Trinajstić information content (AvgIpc) is 3.39. The molecular formula is C19H21N3O3. The van der Waals surface area contributed by atoms with Crippen LogP contribution < -0.4 is 5.32 Å². The lowest BCUT2D eigenvalue weighted by Gasteiger charge is -2.27. The highest BCUT2D eigenvalue weighted by atomic mass is 16.5. The molecule has 0 radical (unpaired) electrons. The molecule has 2 heterocycles. The summed E-state index contributed by atoms with van der Waals surface area (Å²) in [7, 11) is 0. The molecule has 2 aliphatic rings. The molecule has 1 N–H and O–H groups in total. The Morgan fingerprint density at radius 1 is 1.12 bits per heavy atom. The maximum absolute atomic E-state index is 12.8. The maximum atomic E-state index is 12.8. The molecule has 1 aliphatic carbocycles. The number of rotatable bonds is 4. The highest BCUT2D eigenvalue weighted by Gasteiger charge is 2.29. The van der Waals surface area contributed by atoms with Crippen LogP contribution in [0, 0.1) is 0 Å². The van der Waals surface area contributed by atoms with E-state index in [2.05, 4.69) is 10.5 Å². The molecule has 2 aromatic rings. The first-order valence-electron chi connectivity index (χ1n) is 8.88. The number of hydrogen-bond donors (Lipinski definition) is 1. The number of piperidine rings is 1. The molecule has 6 nitrogen and oxygen atoms in total. The van der Waals surface area contributed by atoms with Gasteiger partial charge < -0.3 is 14.7 Å². The van der Waals surface area contributed by atoms with Crippen LogP contribution in [0.15, 0.2) is 34.9 Å². The number of likely N-dealkylation sites (tertiary alicyclic amines) is 1. The molecule has 1 aliphatic heterocycles. The van der Waals surface area contributed by atoms with Crippen molar-refractivity contribution in [3.8, 4) is 0 Å². The van der Waals surface area contributed by atoms with Crippen molar-refractivity contribution in [1.29, 1.82) is 0 Å². The third kappa shape index (κ3) is 3.43. The topological polar surface area (TPSA) is 75.4 Å². The van der Waals surface area contributed by atoms with Gasteiger partial charge in [-0.15, -0.1) is 0 Å². The number of amides is 2. The number of aromatic nitrogens is 1. The fraction of sp³-hybridized carbons (Fsp3) is 0.421. The molecule has 0 unspecified atom stereocenters. The molecule has 2 amide bonds. The minimum Gasteiger partial charge on any atom is -0.360 e. The van der Waals surface area contributed by atoms with Gasteiger partial charge in [0.15, 0.2) is 5.69 Å². The van der Waals surface area contributed by atoms with E-state index in [4.69, 9.17) is 4.52 Å².